The van der Waals surface area contributed by atoms with E-state index in [-0.39, 0.29) is 16.8 Å². The molecule has 2 N–H and O–H groups in total. The molecule has 0 aliphatic rings. The molecule has 0 saturated carbocycles. The van der Waals surface area contributed by atoms with Crippen molar-refractivity contribution in [2.75, 3.05) is 10.6 Å². The summed E-state index contributed by atoms with van der Waals surface area (Å²) in [4.78, 5) is 45.1. The monoisotopic (exact) mass is 424 g/mol. The Kier molecular flexibility index (Phi) is 5.96. The minimum atomic E-state index is -0.888. The smallest absolute Gasteiger partial charge is 0.289 e. The van der Waals surface area contributed by atoms with E-state index in [0.717, 1.165) is 24.3 Å². The number of rotatable bonds is 6. The van der Waals surface area contributed by atoms with Gasteiger partial charge in [0, 0.05) is 23.0 Å². The molecule has 0 aromatic heterocycles. The molecular weight excluding hydrogens is 411 g/mol. The van der Waals surface area contributed by atoms with Gasteiger partial charge in [0.15, 0.2) is 0 Å². The van der Waals surface area contributed by atoms with Gasteiger partial charge in [0.05, 0.1) is 15.9 Å². The molecule has 0 atom stereocenters. The van der Waals surface area contributed by atoms with Crippen LogP contribution in [-0.4, -0.2) is 21.7 Å². The predicted molar refractivity (Wildman–Crippen MR) is 108 cm³/mol. The summed E-state index contributed by atoms with van der Waals surface area (Å²) in [7, 11) is 0. The highest BCUT2D eigenvalue weighted by molar-refractivity contribution is 6.08. The summed E-state index contributed by atoms with van der Waals surface area (Å²) in [5, 5.41) is 27.1. The van der Waals surface area contributed by atoms with Crippen LogP contribution in [0.1, 0.15) is 20.7 Å². The van der Waals surface area contributed by atoms with E-state index in [4.69, 9.17) is 0 Å². The summed E-state index contributed by atoms with van der Waals surface area (Å²) in [5.74, 6) is -1.85. The molecule has 3 aromatic rings. The van der Waals surface area contributed by atoms with Gasteiger partial charge in [-0.1, -0.05) is 6.07 Å². The Morgan fingerprint density at radius 1 is 0.774 bits per heavy atom. The zero-order valence-electron chi connectivity index (χ0n) is 15.6. The number of halogens is 1. The maximum absolute atomic E-state index is 13.0. The molecule has 0 unspecified atom stereocenters. The first-order chi connectivity index (χ1) is 14.7. The molecule has 3 rings (SSSR count). The topological polar surface area (TPSA) is 144 Å². The normalized spacial score (nSPS) is 10.2. The number of non-ortho nitro benzene ring substituents is 1. The third-order valence-electron chi connectivity index (χ3n) is 4.12. The summed E-state index contributed by atoms with van der Waals surface area (Å²) < 4.78 is 13.0. The maximum atomic E-state index is 13.0. The van der Waals surface area contributed by atoms with Crippen LogP contribution in [0, 0.1) is 26.0 Å². The van der Waals surface area contributed by atoms with E-state index in [1.54, 1.807) is 6.07 Å². The molecule has 10 nitrogen and oxygen atoms in total. The van der Waals surface area contributed by atoms with Gasteiger partial charge in [-0.05, 0) is 48.5 Å². The van der Waals surface area contributed by atoms with Crippen molar-refractivity contribution in [1.82, 2.24) is 0 Å². The van der Waals surface area contributed by atoms with Gasteiger partial charge in [0.2, 0.25) is 0 Å². The molecule has 3 aromatic carbocycles. The Balaban J connectivity index is 1.78. The lowest BCUT2D eigenvalue weighted by molar-refractivity contribution is -0.394. The van der Waals surface area contributed by atoms with E-state index in [1.165, 1.54) is 30.3 Å². The Morgan fingerprint density at radius 3 is 1.97 bits per heavy atom. The molecule has 0 fully saturated rings. The Labute approximate surface area is 173 Å². The third kappa shape index (κ3) is 5.03. The lowest BCUT2D eigenvalue weighted by atomic mass is 10.1. The van der Waals surface area contributed by atoms with E-state index in [9.17, 15) is 34.2 Å². The number of hydrogen-bond donors (Lipinski definition) is 2. The second kappa shape index (κ2) is 8.78. The van der Waals surface area contributed by atoms with Crippen molar-refractivity contribution in [3.8, 4) is 0 Å². The lowest BCUT2D eigenvalue weighted by Crippen LogP contribution is -2.15. The number of benzene rings is 3. The van der Waals surface area contributed by atoms with Crippen molar-refractivity contribution >= 4 is 34.6 Å². The number of nitrogens with one attached hydrogen (secondary N) is 2. The van der Waals surface area contributed by atoms with Gasteiger partial charge in [-0.25, -0.2) is 4.39 Å². The number of carbonyl (C=O) groups is 2. The molecule has 31 heavy (non-hydrogen) atoms. The fraction of sp³-hybridized carbons (Fsp3) is 0. The van der Waals surface area contributed by atoms with Crippen molar-refractivity contribution in [2.45, 2.75) is 0 Å². The highest BCUT2D eigenvalue weighted by atomic mass is 19.1. The summed E-state index contributed by atoms with van der Waals surface area (Å²) in [6.45, 7) is 0. The number of nitro benzene ring substituents is 2. The summed E-state index contributed by atoms with van der Waals surface area (Å²) in [6, 6.07) is 13.6. The number of nitro groups is 2. The van der Waals surface area contributed by atoms with Crippen LogP contribution in [0.25, 0.3) is 0 Å². The summed E-state index contributed by atoms with van der Waals surface area (Å²) in [6.07, 6.45) is 0. The molecule has 156 valence electrons. The Morgan fingerprint density at radius 2 is 1.39 bits per heavy atom. The molecule has 11 heteroatoms. The molecule has 0 aliphatic carbocycles. The summed E-state index contributed by atoms with van der Waals surface area (Å²) >= 11 is 0. The molecular formula is C20H13FN4O6. The largest absolute Gasteiger partial charge is 0.322 e. The zero-order chi connectivity index (χ0) is 22.5. The van der Waals surface area contributed by atoms with Crippen LogP contribution in [0.3, 0.4) is 0 Å². The average molecular weight is 424 g/mol. The number of carbonyl (C=O) groups excluding carboxylic acids is 2. The number of nitrogens with zero attached hydrogens (tertiary/aromatic N) is 2. The van der Waals surface area contributed by atoms with Gasteiger partial charge in [0.25, 0.3) is 23.2 Å². The van der Waals surface area contributed by atoms with Gasteiger partial charge in [-0.2, -0.15) is 0 Å². The van der Waals surface area contributed by atoms with Gasteiger partial charge in [-0.15, -0.1) is 0 Å². The molecule has 0 aliphatic heterocycles. The van der Waals surface area contributed by atoms with Crippen LogP contribution in [0.2, 0.25) is 0 Å². The first-order valence-corrected chi connectivity index (χ1v) is 8.66. The van der Waals surface area contributed by atoms with Crippen molar-refractivity contribution < 1.29 is 23.8 Å². The molecule has 0 saturated heterocycles. The van der Waals surface area contributed by atoms with Gasteiger partial charge in [-0.3, -0.25) is 29.8 Å². The molecule has 0 heterocycles. The molecule has 0 radical (unpaired) electrons. The second-order valence-corrected chi connectivity index (χ2v) is 6.21. The number of hydrogen-bond acceptors (Lipinski definition) is 6. The minimum Gasteiger partial charge on any atom is -0.322 e. The number of anilines is 2. The second-order valence-electron chi connectivity index (χ2n) is 6.21. The van der Waals surface area contributed by atoms with Gasteiger partial charge in [0.1, 0.15) is 11.4 Å². The van der Waals surface area contributed by atoms with Crippen LogP contribution in [-0.2, 0) is 0 Å². The highest BCUT2D eigenvalue weighted by Gasteiger charge is 2.24. The fourth-order valence-corrected chi connectivity index (χ4v) is 2.65. The molecule has 0 bridgehead atoms. The van der Waals surface area contributed by atoms with Crippen LogP contribution in [0.15, 0.2) is 66.7 Å². The van der Waals surface area contributed by atoms with Crippen molar-refractivity contribution in [3.05, 3.63) is 104 Å². The van der Waals surface area contributed by atoms with E-state index < -0.39 is 38.9 Å². The minimum absolute atomic E-state index is 0.217. The third-order valence-corrected chi connectivity index (χ3v) is 4.12. The average Bonchev–Trinajstić information content (AvgIpc) is 2.73. The summed E-state index contributed by atoms with van der Waals surface area (Å²) in [5.41, 5.74) is -0.852. The van der Waals surface area contributed by atoms with E-state index in [0.29, 0.717) is 11.8 Å². The van der Waals surface area contributed by atoms with Crippen molar-refractivity contribution in [1.29, 1.82) is 0 Å². The Hall–Kier alpha value is -4.67. The molecule has 2 amide bonds. The van der Waals surface area contributed by atoms with Crippen LogP contribution in [0.5, 0.6) is 0 Å². The van der Waals surface area contributed by atoms with E-state index >= 15 is 0 Å². The van der Waals surface area contributed by atoms with Crippen LogP contribution < -0.4 is 10.6 Å². The zero-order valence-corrected chi connectivity index (χ0v) is 15.6. The van der Waals surface area contributed by atoms with E-state index in [1.807, 2.05) is 0 Å². The molecule has 0 spiro atoms. The van der Waals surface area contributed by atoms with Gasteiger partial charge < -0.3 is 10.6 Å². The standard InChI is InChI=1S/C20H13FN4O6/c21-13-6-4-12(5-7-13)19(26)22-14-2-1-3-15(10-14)23-20(27)17-9-8-16(24(28)29)11-18(17)25(30)31/h1-11H,(H,22,26)(H,23,27). The fourth-order valence-electron chi connectivity index (χ4n) is 2.65. The number of amides is 2. The first-order valence-electron chi connectivity index (χ1n) is 8.66. The first kappa shape index (κ1) is 21.0. The van der Waals surface area contributed by atoms with Gasteiger partial charge >= 0.3 is 0 Å². The van der Waals surface area contributed by atoms with Crippen molar-refractivity contribution in [2.24, 2.45) is 0 Å². The van der Waals surface area contributed by atoms with Crippen LogP contribution >= 0.6 is 0 Å². The SMILES string of the molecule is O=C(Nc1cccc(NC(=O)c2ccc([N+](=O)[O-])cc2[N+](=O)[O-])c1)c1ccc(F)cc1. The maximum Gasteiger partial charge on any atom is 0.289 e. The predicted octanol–water partition coefficient (Wildman–Crippen LogP) is 4.15. The quantitative estimate of drug-likeness (QED) is 0.449. The Bertz CT molecular complexity index is 1200. The lowest BCUT2D eigenvalue weighted by Gasteiger charge is -2.09. The van der Waals surface area contributed by atoms with Crippen LogP contribution in [0.4, 0.5) is 27.1 Å². The van der Waals surface area contributed by atoms with E-state index in [2.05, 4.69) is 10.6 Å². The highest BCUT2D eigenvalue weighted by Crippen LogP contribution is 2.26. The van der Waals surface area contributed by atoms with Crippen molar-refractivity contribution in [3.63, 3.8) is 0 Å².